The maximum atomic E-state index is 12.2. The average molecular weight is 352 g/mol. The number of nitrogens with zero attached hydrogens (tertiary/aromatic N) is 2. The number of carbonyl (C=O) groups excluding carboxylic acids is 2. The maximum Gasteiger partial charge on any atom is 0.339 e. The zero-order chi connectivity index (χ0) is 18.5. The van der Waals surface area contributed by atoms with E-state index >= 15 is 0 Å². The molecule has 0 bridgehead atoms. The molecule has 2 N–H and O–H groups in total. The van der Waals surface area contributed by atoms with Crippen LogP contribution in [0.3, 0.4) is 0 Å². The predicted octanol–water partition coefficient (Wildman–Crippen LogP) is 1.74. The van der Waals surface area contributed by atoms with Gasteiger partial charge in [0.1, 0.15) is 5.82 Å². The Balaban J connectivity index is 1.66. The molecule has 0 saturated heterocycles. The number of hydrogen-bond donors (Lipinski definition) is 2. The van der Waals surface area contributed by atoms with Crippen molar-refractivity contribution in [3.8, 4) is 5.69 Å². The van der Waals surface area contributed by atoms with E-state index in [2.05, 4.69) is 15.4 Å². The number of pyridine rings is 1. The van der Waals surface area contributed by atoms with Crippen molar-refractivity contribution < 1.29 is 14.3 Å². The van der Waals surface area contributed by atoms with Gasteiger partial charge in [-0.15, -0.1) is 0 Å². The van der Waals surface area contributed by atoms with Gasteiger partial charge in [-0.25, -0.2) is 9.48 Å². The van der Waals surface area contributed by atoms with Crippen molar-refractivity contribution in [3.05, 3.63) is 76.8 Å². The number of ether oxygens (including phenoxy) is 1. The van der Waals surface area contributed by atoms with Crippen LogP contribution in [-0.4, -0.2) is 32.7 Å². The van der Waals surface area contributed by atoms with Crippen LogP contribution in [0.15, 0.2) is 65.7 Å². The van der Waals surface area contributed by atoms with Gasteiger partial charge in [0, 0.05) is 18.5 Å². The fourth-order valence-electron chi connectivity index (χ4n) is 2.23. The molecule has 0 fully saturated rings. The fraction of sp³-hybridized carbons (Fsp3) is 0.111. The molecule has 1 unspecified atom stereocenters. The zero-order valence-electron chi connectivity index (χ0n) is 13.9. The molecule has 0 aliphatic heterocycles. The zero-order valence-corrected chi connectivity index (χ0v) is 13.9. The molecule has 0 saturated carbocycles. The van der Waals surface area contributed by atoms with Gasteiger partial charge in [0.25, 0.3) is 11.5 Å². The Morgan fingerprint density at radius 2 is 1.85 bits per heavy atom. The second kappa shape index (κ2) is 7.47. The highest BCUT2D eigenvalue weighted by Crippen LogP contribution is 2.08. The largest absolute Gasteiger partial charge is 0.449 e. The summed E-state index contributed by atoms with van der Waals surface area (Å²) in [5, 5.41) is 5.32. The van der Waals surface area contributed by atoms with Crippen molar-refractivity contribution >= 4 is 17.7 Å². The first-order chi connectivity index (χ1) is 12.5. The molecule has 8 heteroatoms. The van der Waals surface area contributed by atoms with E-state index in [1.807, 2.05) is 6.07 Å². The van der Waals surface area contributed by atoms with Crippen LogP contribution in [-0.2, 0) is 9.53 Å². The van der Waals surface area contributed by atoms with Crippen molar-refractivity contribution in [1.82, 2.24) is 14.8 Å². The number of esters is 1. The molecule has 0 aliphatic carbocycles. The summed E-state index contributed by atoms with van der Waals surface area (Å²) in [5.41, 5.74) is 0.603. The Morgan fingerprint density at radius 3 is 2.54 bits per heavy atom. The second-order valence-electron chi connectivity index (χ2n) is 5.45. The van der Waals surface area contributed by atoms with Gasteiger partial charge in [-0.2, -0.15) is 0 Å². The van der Waals surface area contributed by atoms with E-state index in [0.717, 1.165) is 0 Å². The number of aromatic nitrogens is 3. The minimum atomic E-state index is -1.04. The quantitative estimate of drug-likeness (QED) is 0.681. The standard InChI is InChI=1S/C18H16N4O4/c1-12(26-18(25)13-7-9-19-10-8-13)17(24)20-15-11-16(23)22(21-15)14-5-3-2-4-6-14/h2-12,21H,1H3,(H,20,24). The predicted molar refractivity (Wildman–Crippen MR) is 94.1 cm³/mol. The third-order valence-corrected chi connectivity index (χ3v) is 3.56. The number of anilines is 1. The second-order valence-corrected chi connectivity index (χ2v) is 5.45. The summed E-state index contributed by atoms with van der Waals surface area (Å²) in [4.78, 5) is 40.0. The molecular formula is C18H16N4O4. The normalized spacial score (nSPS) is 11.6. The van der Waals surface area contributed by atoms with Crippen LogP contribution in [0.1, 0.15) is 17.3 Å². The van der Waals surface area contributed by atoms with E-state index in [9.17, 15) is 14.4 Å². The number of para-hydroxylation sites is 1. The fourth-order valence-corrected chi connectivity index (χ4v) is 2.23. The molecule has 2 heterocycles. The van der Waals surface area contributed by atoms with E-state index in [1.54, 1.807) is 24.3 Å². The van der Waals surface area contributed by atoms with E-state index in [0.29, 0.717) is 11.3 Å². The first kappa shape index (κ1) is 17.2. The SMILES string of the molecule is CC(OC(=O)c1ccncc1)C(=O)Nc1cc(=O)n(-c2ccccc2)[nH]1. The van der Waals surface area contributed by atoms with Gasteiger partial charge in [-0.3, -0.25) is 19.7 Å². The number of hydrogen-bond acceptors (Lipinski definition) is 5. The molecular weight excluding hydrogens is 336 g/mol. The van der Waals surface area contributed by atoms with E-state index in [1.165, 1.54) is 42.2 Å². The number of H-pyrrole nitrogens is 1. The van der Waals surface area contributed by atoms with Crippen molar-refractivity contribution in [3.63, 3.8) is 0 Å². The third kappa shape index (κ3) is 3.86. The Labute approximate surface area is 148 Å². The van der Waals surface area contributed by atoms with Crippen molar-refractivity contribution in [2.45, 2.75) is 13.0 Å². The molecule has 8 nitrogen and oxygen atoms in total. The van der Waals surface area contributed by atoms with Crippen LogP contribution in [0, 0.1) is 0 Å². The lowest BCUT2D eigenvalue weighted by Crippen LogP contribution is -2.30. The summed E-state index contributed by atoms with van der Waals surface area (Å²) in [7, 11) is 0. The minimum Gasteiger partial charge on any atom is -0.449 e. The Morgan fingerprint density at radius 1 is 1.15 bits per heavy atom. The molecule has 2 aromatic heterocycles. The number of rotatable bonds is 5. The van der Waals surface area contributed by atoms with Crippen LogP contribution < -0.4 is 10.9 Å². The summed E-state index contributed by atoms with van der Waals surface area (Å²) in [5.74, 6) is -0.991. The van der Waals surface area contributed by atoms with Crippen molar-refractivity contribution in [1.29, 1.82) is 0 Å². The molecule has 3 rings (SSSR count). The summed E-state index contributed by atoms with van der Waals surface area (Å²) in [6, 6.07) is 13.2. The molecule has 26 heavy (non-hydrogen) atoms. The van der Waals surface area contributed by atoms with Gasteiger partial charge < -0.3 is 10.1 Å². The van der Waals surface area contributed by atoms with Gasteiger partial charge in [-0.05, 0) is 31.2 Å². The molecule has 1 amide bonds. The highest BCUT2D eigenvalue weighted by Gasteiger charge is 2.20. The van der Waals surface area contributed by atoms with Gasteiger partial charge in [0.15, 0.2) is 6.10 Å². The van der Waals surface area contributed by atoms with Gasteiger partial charge >= 0.3 is 5.97 Å². The summed E-state index contributed by atoms with van der Waals surface area (Å²) in [6.07, 6.45) is 1.87. The van der Waals surface area contributed by atoms with Crippen LogP contribution in [0.25, 0.3) is 5.69 Å². The van der Waals surface area contributed by atoms with Crippen molar-refractivity contribution in [2.24, 2.45) is 0 Å². The van der Waals surface area contributed by atoms with E-state index < -0.39 is 18.0 Å². The maximum absolute atomic E-state index is 12.2. The molecule has 3 aromatic rings. The first-order valence-electron chi connectivity index (χ1n) is 7.84. The minimum absolute atomic E-state index is 0.204. The number of amides is 1. The van der Waals surface area contributed by atoms with Crippen LogP contribution in [0.2, 0.25) is 0 Å². The van der Waals surface area contributed by atoms with Crippen LogP contribution >= 0.6 is 0 Å². The summed E-state index contributed by atoms with van der Waals surface area (Å²) < 4.78 is 6.41. The Bertz CT molecular complexity index is 964. The van der Waals surface area contributed by atoms with Gasteiger partial charge in [-0.1, -0.05) is 18.2 Å². The number of aromatic amines is 1. The Hall–Kier alpha value is -3.68. The molecule has 1 aromatic carbocycles. The topological polar surface area (TPSA) is 106 Å². The van der Waals surface area contributed by atoms with Crippen LogP contribution in [0.5, 0.6) is 0 Å². The molecule has 132 valence electrons. The monoisotopic (exact) mass is 352 g/mol. The number of benzene rings is 1. The van der Waals surface area contributed by atoms with E-state index in [-0.39, 0.29) is 11.4 Å². The Kier molecular flexibility index (Phi) is 4.93. The first-order valence-corrected chi connectivity index (χ1v) is 7.84. The molecule has 0 spiro atoms. The lowest BCUT2D eigenvalue weighted by molar-refractivity contribution is -0.123. The van der Waals surface area contributed by atoms with E-state index in [4.69, 9.17) is 4.74 Å². The number of nitrogens with one attached hydrogen (secondary N) is 2. The third-order valence-electron chi connectivity index (χ3n) is 3.56. The van der Waals surface area contributed by atoms with Gasteiger partial charge in [0.05, 0.1) is 11.3 Å². The van der Waals surface area contributed by atoms with Crippen molar-refractivity contribution in [2.75, 3.05) is 5.32 Å². The summed E-state index contributed by atoms with van der Waals surface area (Å²) >= 11 is 0. The molecule has 0 radical (unpaired) electrons. The lowest BCUT2D eigenvalue weighted by atomic mass is 10.3. The lowest BCUT2D eigenvalue weighted by Gasteiger charge is -2.12. The smallest absolute Gasteiger partial charge is 0.339 e. The highest BCUT2D eigenvalue weighted by atomic mass is 16.5. The van der Waals surface area contributed by atoms with Gasteiger partial charge in [0.2, 0.25) is 0 Å². The average Bonchev–Trinajstić information content (AvgIpc) is 3.03. The molecule has 1 atom stereocenters. The van der Waals surface area contributed by atoms with Crippen LogP contribution in [0.4, 0.5) is 5.82 Å². The summed E-state index contributed by atoms with van der Waals surface area (Å²) in [6.45, 7) is 1.45. The molecule has 0 aliphatic rings. The number of carbonyl (C=O) groups is 2. The highest BCUT2D eigenvalue weighted by molar-refractivity contribution is 5.96.